The fraction of sp³-hybridized carbons (Fsp3) is 0.857. The van der Waals surface area contributed by atoms with Crippen LogP contribution in [0.15, 0.2) is 0 Å². The van der Waals surface area contributed by atoms with E-state index < -0.39 is 9.84 Å². The van der Waals surface area contributed by atoms with Crippen molar-refractivity contribution in [1.29, 1.82) is 0 Å². The first-order chi connectivity index (χ1) is 10.4. The van der Waals surface area contributed by atoms with Gasteiger partial charge in [0.15, 0.2) is 9.84 Å². The Morgan fingerprint density at radius 1 is 1.27 bits per heavy atom. The highest BCUT2D eigenvalue weighted by Gasteiger charge is 2.32. The number of hydrogen-bond donors (Lipinski definition) is 2. The summed E-state index contributed by atoms with van der Waals surface area (Å²) >= 11 is 0. The monoisotopic (exact) mass is 331 g/mol. The molecule has 2 atom stereocenters. The number of likely N-dealkylation sites (tertiary alicyclic amines) is 1. The van der Waals surface area contributed by atoms with Gasteiger partial charge in [-0.25, -0.2) is 13.2 Å². The Balaban J connectivity index is 1.84. The molecule has 0 spiro atoms. The lowest BCUT2D eigenvalue weighted by molar-refractivity contribution is -0.126. The van der Waals surface area contributed by atoms with Gasteiger partial charge in [-0.3, -0.25) is 4.79 Å². The Morgan fingerprint density at radius 3 is 2.68 bits per heavy atom. The van der Waals surface area contributed by atoms with E-state index in [9.17, 15) is 18.0 Å². The molecule has 0 bridgehead atoms. The number of carbonyl (C=O) groups is 2. The van der Waals surface area contributed by atoms with E-state index in [2.05, 4.69) is 10.6 Å². The predicted molar refractivity (Wildman–Crippen MR) is 83.2 cm³/mol. The first kappa shape index (κ1) is 17.1. The normalized spacial score (nSPS) is 27.4. The van der Waals surface area contributed by atoms with Gasteiger partial charge in [0.1, 0.15) is 0 Å². The minimum Gasteiger partial charge on any atom is -0.356 e. The predicted octanol–water partition coefficient (Wildman–Crippen LogP) is 0.121. The van der Waals surface area contributed by atoms with Crippen LogP contribution in [0.2, 0.25) is 0 Å². The van der Waals surface area contributed by atoms with Gasteiger partial charge in [-0.2, -0.15) is 0 Å². The molecule has 0 aromatic heterocycles. The minimum absolute atomic E-state index is 0.00259. The van der Waals surface area contributed by atoms with E-state index in [0.29, 0.717) is 26.1 Å². The largest absolute Gasteiger partial charge is 0.356 e. The molecule has 7 nitrogen and oxygen atoms in total. The molecule has 2 aliphatic heterocycles. The van der Waals surface area contributed by atoms with E-state index in [4.69, 9.17) is 0 Å². The van der Waals surface area contributed by atoms with Crippen LogP contribution in [0, 0.1) is 5.92 Å². The van der Waals surface area contributed by atoms with Gasteiger partial charge in [-0.15, -0.1) is 0 Å². The van der Waals surface area contributed by atoms with E-state index in [1.165, 1.54) is 0 Å². The van der Waals surface area contributed by atoms with Crippen molar-refractivity contribution in [3.05, 3.63) is 0 Å². The summed E-state index contributed by atoms with van der Waals surface area (Å²) in [6.07, 6.45) is 2.94. The zero-order valence-corrected chi connectivity index (χ0v) is 13.8. The number of nitrogens with one attached hydrogen (secondary N) is 2. The van der Waals surface area contributed by atoms with Gasteiger partial charge < -0.3 is 15.5 Å². The molecule has 126 valence electrons. The molecule has 2 N–H and O–H groups in total. The van der Waals surface area contributed by atoms with Crippen molar-refractivity contribution in [2.24, 2.45) is 5.92 Å². The second-order valence-electron chi connectivity index (χ2n) is 6.13. The van der Waals surface area contributed by atoms with Crippen molar-refractivity contribution in [2.45, 2.75) is 38.6 Å². The highest BCUT2D eigenvalue weighted by molar-refractivity contribution is 7.91. The molecule has 22 heavy (non-hydrogen) atoms. The Morgan fingerprint density at radius 2 is 2.05 bits per heavy atom. The Labute approximate surface area is 131 Å². The molecule has 2 saturated heterocycles. The lowest BCUT2D eigenvalue weighted by Crippen LogP contribution is -2.51. The van der Waals surface area contributed by atoms with Crippen molar-refractivity contribution in [3.63, 3.8) is 0 Å². The number of nitrogens with zero attached hydrogens (tertiary/aromatic N) is 1. The van der Waals surface area contributed by atoms with Gasteiger partial charge in [0.05, 0.1) is 17.4 Å². The van der Waals surface area contributed by atoms with Crippen LogP contribution in [0.3, 0.4) is 0 Å². The van der Waals surface area contributed by atoms with Crippen LogP contribution in [0.4, 0.5) is 4.79 Å². The fourth-order valence-corrected chi connectivity index (χ4v) is 4.62. The summed E-state index contributed by atoms with van der Waals surface area (Å²) in [5, 5.41) is 5.65. The summed E-state index contributed by atoms with van der Waals surface area (Å²) in [6.45, 7) is 3.67. The number of urea groups is 1. The lowest BCUT2D eigenvalue weighted by atomic mass is 9.97. The van der Waals surface area contributed by atoms with E-state index in [1.807, 2.05) is 6.92 Å². The smallest absolute Gasteiger partial charge is 0.317 e. The minimum atomic E-state index is -3.00. The molecule has 0 radical (unpaired) electrons. The van der Waals surface area contributed by atoms with Crippen LogP contribution < -0.4 is 10.6 Å². The molecule has 2 rings (SSSR count). The lowest BCUT2D eigenvalue weighted by Gasteiger charge is -2.32. The van der Waals surface area contributed by atoms with Crippen molar-refractivity contribution in [2.75, 3.05) is 31.1 Å². The molecule has 0 saturated carbocycles. The molecule has 0 aromatic rings. The first-order valence-corrected chi connectivity index (χ1v) is 9.77. The number of sulfone groups is 1. The molecular weight excluding hydrogens is 306 g/mol. The van der Waals surface area contributed by atoms with E-state index in [0.717, 1.165) is 19.3 Å². The van der Waals surface area contributed by atoms with Crippen LogP contribution in [0.5, 0.6) is 0 Å². The number of rotatable bonds is 4. The maximum atomic E-state index is 12.2. The molecule has 2 heterocycles. The highest BCUT2D eigenvalue weighted by Crippen LogP contribution is 2.18. The Kier molecular flexibility index (Phi) is 5.66. The van der Waals surface area contributed by atoms with Gasteiger partial charge >= 0.3 is 6.03 Å². The molecule has 0 aromatic carbocycles. The topological polar surface area (TPSA) is 95.6 Å². The molecule has 2 unspecified atom stereocenters. The van der Waals surface area contributed by atoms with Gasteiger partial charge in [-0.1, -0.05) is 6.92 Å². The first-order valence-electron chi connectivity index (χ1n) is 7.95. The highest BCUT2D eigenvalue weighted by atomic mass is 32.2. The average molecular weight is 331 g/mol. The third-order valence-electron chi connectivity index (χ3n) is 4.19. The summed E-state index contributed by atoms with van der Waals surface area (Å²) in [5.74, 6) is -0.00589. The molecule has 3 amide bonds. The van der Waals surface area contributed by atoms with Crippen LogP contribution >= 0.6 is 0 Å². The van der Waals surface area contributed by atoms with Gasteiger partial charge in [-0.05, 0) is 25.7 Å². The maximum absolute atomic E-state index is 12.2. The zero-order valence-electron chi connectivity index (χ0n) is 13.0. The number of piperidine rings is 1. The second kappa shape index (κ2) is 7.30. The molecule has 2 aliphatic rings. The summed E-state index contributed by atoms with van der Waals surface area (Å²) in [5.41, 5.74) is 0. The molecule has 8 heteroatoms. The zero-order chi connectivity index (χ0) is 16.2. The fourth-order valence-electron chi connectivity index (χ4n) is 2.94. The molecule has 0 aliphatic carbocycles. The Hall–Kier alpha value is -1.31. The molecular formula is C14H25N3O4S. The number of amides is 3. The summed E-state index contributed by atoms with van der Waals surface area (Å²) in [6, 6.07) is -0.554. The van der Waals surface area contributed by atoms with Gasteiger partial charge in [0.2, 0.25) is 5.91 Å². The van der Waals surface area contributed by atoms with Crippen molar-refractivity contribution in [1.82, 2.24) is 15.5 Å². The maximum Gasteiger partial charge on any atom is 0.317 e. The van der Waals surface area contributed by atoms with Crippen molar-refractivity contribution < 1.29 is 18.0 Å². The second-order valence-corrected chi connectivity index (χ2v) is 8.35. The molecule has 2 fully saturated rings. The van der Waals surface area contributed by atoms with E-state index in [-0.39, 0.29) is 35.4 Å². The average Bonchev–Trinajstić information content (AvgIpc) is 2.83. The number of hydrogen-bond acceptors (Lipinski definition) is 4. The van der Waals surface area contributed by atoms with Crippen LogP contribution in [0.1, 0.15) is 32.6 Å². The van der Waals surface area contributed by atoms with Crippen LogP contribution in [-0.4, -0.2) is 62.4 Å². The van der Waals surface area contributed by atoms with Gasteiger partial charge in [0.25, 0.3) is 0 Å². The van der Waals surface area contributed by atoms with Crippen molar-refractivity contribution in [3.8, 4) is 0 Å². The quantitative estimate of drug-likeness (QED) is 0.765. The summed E-state index contributed by atoms with van der Waals surface area (Å²) in [7, 11) is -3.00. The SMILES string of the molecule is CCCNC(=O)C1CCCN(C(=O)NC2CCS(=O)(=O)C2)C1. The third-order valence-corrected chi connectivity index (χ3v) is 5.96. The number of carbonyl (C=O) groups excluding carboxylic acids is 2. The van der Waals surface area contributed by atoms with Crippen LogP contribution in [0.25, 0.3) is 0 Å². The standard InChI is InChI=1S/C14H25N3O4S/c1-2-6-15-13(18)11-4-3-7-17(9-11)14(19)16-12-5-8-22(20,21)10-12/h11-12H,2-10H2,1H3,(H,15,18)(H,16,19). The summed E-state index contributed by atoms with van der Waals surface area (Å²) in [4.78, 5) is 25.9. The van der Waals surface area contributed by atoms with Gasteiger partial charge in [0, 0.05) is 25.7 Å². The van der Waals surface area contributed by atoms with E-state index >= 15 is 0 Å². The Bertz CT molecular complexity index is 520. The third kappa shape index (κ3) is 4.59. The van der Waals surface area contributed by atoms with E-state index in [1.54, 1.807) is 4.90 Å². The van der Waals surface area contributed by atoms with Crippen LogP contribution in [-0.2, 0) is 14.6 Å². The van der Waals surface area contributed by atoms with Crippen molar-refractivity contribution >= 4 is 21.8 Å². The summed E-state index contributed by atoms with van der Waals surface area (Å²) < 4.78 is 22.8.